The summed E-state index contributed by atoms with van der Waals surface area (Å²) in [6, 6.07) is 4.24. The molecule has 1 saturated carbocycles. The van der Waals surface area contributed by atoms with Crippen molar-refractivity contribution in [2.45, 2.75) is 37.8 Å². The summed E-state index contributed by atoms with van der Waals surface area (Å²) in [5.74, 6) is 0.627. The van der Waals surface area contributed by atoms with E-state index in [0.29, 0.717) is 31.2 Å². The lowest BCUT2D eigenvalue weighted by Crippen LogP contribution is -2.31. The van der Waals surface area contributed by atoms with Gasteiger partial charge in [-0.05, 0) is 53.7 Å². The maximum Gasteiger partial charge on any atom is 0.243 e. The van der Waals surface area contributed by atoms with E-state index in [1.165, 1.54) is 0 Å². The molecule has 0 aliphatic heterocycles. The number of rotatable bonds is 5. The molecule has 3 rings (SSSR count). The van der Waals surface area contributed by atoms with Crippen LogP contribution in [0.25, 0.3) is 5.65 Å². The topological polar surface area (TPSA) is 77.5 Å². The van der Waals surface area contributed by atoms with Crippen LogP contribution in [0, 0.1) is 0 Å². The lowest BCUT2D eigenvalue weighted by molar-refractivity contribution is 0.0312. The first-order valence-electron chi connectivity index (χ1n) is 7.34. The molecular formula is C14H20BrN5O. The predicted molar refractivity (Wildman–Crippen MR) is 85.4 cm³/mol. The minimum absolute atomic E-state index is 0.358. The zero-order chi connectivity index (χ0) is 14.7. The van der Waals surface area contributed by atoms with Gasteiger partial charge in [-0.3, -0.25) is 0 Å². The average Bonchev–Trinajstić information content (AvgIpc) is 2.87. The molecule has 114 valence electrons. The van der Waals surface area contributed by atoms with Crippen LogP contribution in [0.2, 0.25) is 0 Å². The molecule has 0 aromatic carbocycles. The number of hydrogen-bond donors (Lipinski definition) is 2. The molecule has 0 saturated heterocycles. The van der Waals surface area contributed by atoms with Crippen molar-refractivity contribution < 1.29 is 4.74 Å². The number of pyridine rings is 1. The van der Waals surface area contributed by atoms with Gasteiger partial charge in [-0.25, -0.2) is 4.52 Å². The number of anilines is 1. The van der Waals surface area contributed by atoms with Gasteiger partial charge in [0, 0.05) is 23.3 Å². The monoisotopic (exact) mass is 353 g/mol. The number of nitrogens with zero attached hydrogens (tertiary/aromatic N) is 3. The summed E-state index contributed by atoms with van der Waals surface area (Å²) in [7, 11) is 0. The van der Waals surface area contributed by atoms with Crippen molar-refractivity contribution in [1.82, 2.24) is 14.6 Å². The fourth-order valence-electron chi connectivity index (χ4n) is 2.58. The summed E-state index contributed by atoms with van der Waals surface area (Å²) >= 11 is 3.42. The van der Waals surface area contributed by atoms with Crippen molar-refractivity contribution >= 4 is 27.5 Å². The van der Waals surface area contributed by atoms with E-state index in [4.69, 9.17) is 10.5 Å². The Morgan fingerprint density at radius 2 is 2.14 bits per heavy atom. The summed E-state index contributed by atoms with van der Waals surface area (Å²) < 4.78 is 8.58. The van der Waals surface area contributed by atoms with Crippen molar-refractivity contribution in [3.05, 3.63) is 22.8 Å². The maximum absolute atomic E-state index is 5.89. The molecule has 21 heavy (non-hydrogen) atoms. The quantitative estimate of drug-likeness (QED) is 0.805. The zero-order valence-electron chi connectivity index (χ0n) is 11.8. The molecule has 3 N–H and O–H groups in total. The van der Waals surface area contributed by atoms with Gasteiger partial charge in [-0.2, -0.15) is 4.98 Å². The Hall–Kier alpha value is -1.18. The number of nitrogens with one attached hydrogen (secondary N) is 1. The highest BCUT2D eigenvalue weighted by Crippen LogP contribution is 2.19. The molecule has 1 fully saturated rings. The van der Waals surface area contributed by atoms with Crippen molar-refractivity contribution in [2.75, 3.05) is 18.5 Å². The van der Waals surface area contributed by atoms with Crippen LogP contribution in [-0.4, -0.2) is 39.9 Å². The molecule has 0 spiro atoms. The van der Waals surface area contributed by atoms with Crippen molar-refractivity contribution in [3.8, 4) is 0 Å². The molecule has 7 heteroatoms. The summed E-state index contributed by atoms with van der Waals surface area (Å²) in [6.45, 7) is 1.37. The molecule has 1 aliphatic carbocycles. The summed E-state index contributed by atoms with van der Waals surface area (Å²) in [4.78, 5) is 4.40. The highest BCUT2D eigenvalue weighted by molar-refractivity contribution is 9.10. The van der Waals surface area contributed by atoms with Crippen LogP contribution in [0.3, 0.4) is 0 Å². The average molecular weight is 354 g/mol. The number of ether oxygens (including phenoxy) is 1. The van der Waals surface area contributed by atoms with Crippen molar-refractivity contribution in [3.63, 3.8) is 0 Å². The third kappa shape index (κ3) is 3.93. The smallest absolute Gasteiger partial charge is 0.243 e. The standard InChI is InChI=1S/C14H20BrN5O/c15-10-1-6-13-18-14(19-20(13)9-10)17-7-8-21-12-4-2-11(16)3-5-12/h1,6,9,11-12H,2-5,7-8,16H2,(H,17,19). The number of aromatic nitrogens is 3. The number of fused-ring (bicyclic) bond motifs is 1. The second kappa shape index (κ2) is 6.72. The molecule has 0 atom stereocenters. The van der Waals surface area contributed by atoms with Crippen LogP contribution in [0.5, 0.6) is 0 Å². The van der Waals surface area contributed by atoms with Gasteiger partial charge < -0.3 is 15.8 Å². The molecule has 0 bridgehead atoms. The second-order valence-electron chi connectivity index (χ2n) is 5.42. The molecule has 0 unspecified atom stereocenters. The minimum Gasteiger partial charge on any atom is -0.376 e. The van der Waals surface area contributed by atoms with Crippen LogP contribution in [-0.2, 0) is 4.74 Å². The highest BCUT2D eigenvalue weighted by atomic mass is 79.9. The maximum atomic E-state index is 5.89. The van der Waals surface area contributed by atoms with Crippen molar-refractivity contribution in [1.29, 1.82) is 0 Å². The third-order valence-electron chi connectivity index (χ3n) is 3.75. The Morgan fingerprint density at radius 3 is 2.95 bits per heavy atom. The van der Waals surface area contributed by atoms with Crippen LogP contribution >= 0.6 is 15.9 Å². The molecule has 2 aromatic heterocycles. The Kier molecular flexibility index (Phi) is 4.72. The van der Waals surface area contributed by atoms with E-state index in [1.54, 1.807) is 4.52 Å². The summed E-state index contributed by atoms with van der Waals surface area (Å²) in [5, 5.41) is 7.55. The van der Waals surface area contributed by atoms with E-state index in [2.05, 4.69) is 31.3 Å². The van der Waals surface area contributed by atoms with E-state index < -0.39 is 0 Å². The van der Waals surface area contributed by atoms with Gasteiger partial charge in [0.1, 0.15) is 0 Å². The van der Waals surface area contributed by atoms with Crippen LogP contribution < -0.4 is 11.1 Å². The fourth-order valence-corrected chi connectivity index (χ4v) is 2.90. The fraction of sp³-hybridized carbons (Fsp3) is 0.571. The van der Waals surface area contributed by atoms with Crippen LogP contribution in [0.15, 0.2) is 22.8 Å². The lowest BCUT2D eigenvalue weighted by atomic mass is 9.94. The van der Waals surface area contributed by atoms with Gasteiger partial charge in [0.05, 0.1) is 12.7 Å². The Balaban J connectivity index is 1.44. The van der Waals surface area contributed by atoms with E-state index in [9.17, 15) is 0 Å². The van der Waals surface area contributed by atoms with Gasteiger partial charge in [0.2, 0.25) is 5.95 Å². The van der Waals surface area contributed by atoms with Gasteiger partial charge in [0.25, 0.3) is 0 Å². The number of nitrogens with two attached hydrogens (primary N) is 1. The third-order valence-corrected chi connectivity index (χ3v) is 4.22. The molecular weight excluding hydrogens is 334 g/mol. The van der Waals surface area contributed by atoms with E-state index in [0.717, 1.165) is 35.8 Å². The van der Waals surface area contributed by atoms with Gasteiger partial charge in [0.15, 0.2) is 5.65 Å². The predicted octanol–water partition coefficient (Wildman–Crippen LogP) is 2.19. The van der Waals surface area contributed by atoms with Gasteiger partial charge in [-0.15, -0.1) is 5.10 Å². The zero-order valence-corrected chi connectivity index (χ0v) is 13.4. The SMILES string of the molecule is NC1CCC(OCCNc2nc3ccc(Br)cn3n2)CC1. The van der Waals surface area contributed by atoms with Crippen molar-refractivity contribution in [2.24, 2.45) is 5.73 Å². The lowest BCUT2D eigenvalue weighted by Gasteiger charge is -2.26. The van der Waals surface area contributed by atoms with E-state index in [1.807, 2.05) is 18.3 Å². The molecule has 0 radical (unpaired) electrons. The molecule has 2 aromatic rings. The minimum atomic E-state index is 0.358. The molecule has 2 heterocycles. The Morgan fingerprint density at radius 1 is 1.33 bits per heavy atom. The second-order valence-corrected chi connectivity index (χ2v) is 6.34. The Labute approximate surface area is 132 Å². The number of hydrogen-bond acceptors (Lipinski definition) is 5. The first-order chi connectivity index (χ1) is 10.2. The van der Waals surface area contributed by atoms with Crippen LogP contribution in [0.4, 0.5) is 5.95 Å². The van der Waals surface area contributed by atoms with E-state index in [-0.39, 0.29) is 0 Å². The normalized spacial score (nSPS) is 22.6. The molecule has 0 amide bonds. The largest absolute Gasteiger partial charge is 0.376 e. The van der Waals surface area contributed by atoms with Gasteiger partial charge >= 0.3 is 0 Å². The Bertz CT molecular complexity index is 594. The summed E-state index contributed by atoms with van der Waals surface area (Å²) in [5.41, 5.74) is 6.71. The summed E-state index contributed by atoms with van der Waals surface area (Å²) in [6.07, 6.45) is 6.53. The molecule has 1 aliphatic rings. The van der Waals surface area contributed by atoms with E-state index >= 15 is 0 Å². The highest BCUT2D eigenvalue weighted by Gasteiger charge is 2.18. The first kappa shape index (κ1) is 14.7. The number of halogens is 1. The first-order valence-corrected chi connectivity index (χ1v) is 8.13. The van der Waals surface area contributed by atoms with Crippen LogP contribution in [0.1, 0.15) is 25.7 Å². The van der Waals surface area contributed by atoms with Gasteiger partial charge in [-0.1, -0.05) is 0 Å². The molecule has 6 nitrogen and oxygen atoms in total.